The second-order valence-corrected chi connectivity index (χ2v) is 7.13. The molecule has 7 nitrogen and oxygen atoms in total. The van der Waals surface area contributed by atoms with Crippen molar-refractivity contribution < 1.29 is 14.3 Å². The van der Waals surface area contributed by atoms with Gasteiger partial charge in [0, 0.05) is 12.6 Å². The third kappa shape index (κ3) is 6.22. The fourth-order valence-corrected chi connectivity index (χ4v) is 3.47. The summed E-state index contributed by atoms with van der Waals surface area (Å²) in [7, 11) is 3.54. The van der Waals surface area contributed by atoms with Crippen LogP contribution in [0.3, 0.4) is 0 Å². The number of anilines is 2. The van der Waals surface area contributed by atoms with E-state index < -0.39 is 0 Å². The molecule has 0 aliphatic carbocycles. The zero-order chi connectivity index (χ0) is 19.8. The molecular weight excluding hydrogens is 344 g/mol. The first kappa shape index (κ1) is 21.2. The van der Waals surface area contributed by atoms with Crippen molar-refractivity contribution in [3.63, 3.8) is 0 Å². The number of rotatable bonds is 8. The van der Waals surface area contributed by atoms with E-state index in [1.807, 2.05) is 14.0 Å². The summed E-state index contributed by atoms with van der Waals surface area (Å²) in [4.78, 5) is 26.3. The summed E-state index contributed by atoms with van der Waals surface area (Å²) >= 11 is 0. The SMILES string of the molecule is CNCCC1CCN(C(C)C(=O)Nc2cc(NC(C)=O)ccc2OC)CC1. The number of nitrogens with zero attached hydrogens (tertiary/aromatic N) is 1. The Morgan fingerprint density at radius 3 is 2.56 bits per heavy atom. The van der Waals surface area contributed by atoms with Gasteiger partial charge in [-0.2, -0.15) is 0 Å². The van der Waals surface area contributed by atoms with Gasteiger partial charge in [0.2, 0.25) is 11.8 Å². The maximum atomic E-state index is 12.8. The topological polar surface area (TPSA) is 82.7 Å². The van der Waals surface area contributed by atoms with Gasteiger partial charge in [-0.25, -0.2) is 0 Å². The zero-order valence-electron chi connectivity index (χ0n) is 16.8. The number of hydrogen-bond donors (Lipinski definition) is 3. The molecule has 0 bridgehead atoms. The van der Waals surface area contributed by atoms with E-state index in [4.69, 9.17) is 4.74 Å². The Morgan fingerprint density at radius 2 is 1.96 bits per heavy atom. The number of likely N-dealkylation sites (tertiary alicyclic amines) is 1. The summed E-state index contributed by atoms with van der Waals surface area (Å²) in [5.74, 6) is 1.07. The van der Waals surface area contributed by atoms with Crippen molar-refractivity contribution in [2.75, 3.05) is 44.4 Å². The molecule has 0 radical (unpaired) electrons. The molecule has 0 aromatic heterocycles. The van der Waals surface area contributed by atoms with Crippen LogP contribution in [0.5, 0.6) is 5.75 Å². The largest absolute Gasteiger partial charge is 0.495 e. The minimum absolute atomic E-state index is 0.0676. The number of benzene rings is 1. The molecule has 2 rings (SSSR count). The van der Waals surface area contributed by atoms with Crippen molar-refractivity contribution in [3.05, 3.63) is 18.2 Å². The monoisotopic (exact) mass is 376 g/mol. The molecule has 1 aliphatic rings. The smallest absolute Gasteiger partial charge is 0.241 e. The lowest BCUT2D eigenvalue weighted by molar-refractivity contribution is -0.121. The van der Waals surface area contributed by atoms with Gasteiger partial charge in [0.15, 0.2) is 0 Å². The zero-order valence-corrected chi connectivity index (χ0v) is 16.8. The lowest BCUT2D eigenvalue weighted by Gasteiger charge is -2.35. The van der Waals surface area contributed by atoms with Crippen molar-refractivity contribution in [2.45, 2.75) is 39.2 Å². The van der Waals surface area contributed by atoms with E-state index in [0.717, 1.165) is 38.4 Å². The number of piperidine rings is 1. The van der Waals surface area contributed by atoms with Gasteiger partial charge in [0.05, 0.1) is 18.8 Å². The minimum atomic E-state index is -0.218. The molecule has 0 spiro atoms. The summed E-state index contributed by atoms with van der Waals surface area (Å²) in [6.07, 6.45) is 3.44. The first-order chi connectivity index (χ1) is 12.9. The molecule has 7 heteroatoms. The van der Waals surface area contributed by atoms with Crippen LogP contribution < -0.4 is 20.7 Å². The van der Waals surface area contributed by atoms with Gasteiger partial charge in [-0.3, -0.25) is 14.5 Å². The van der Waals surface area contributed by atoms with E-state index >= 15 is 0 Å². The standard InChI is InChI=1S/C20H32N4O3/c1-14(24-11-8-16(9-12-24)7-10-21-3)20(26)23-18-13-17(22-15(2)25)5-6-19(18)27-4/h5-6,13-14,16,21H,7-12H2,1-4H3,(H,22,25)(H,23,26). The lowest BCUT2D eigenvalue weighted by Crippen LogP contribution is -2.46. The van der Waals surface area contributed by atoms with Crippen molar-refractivity contribution in [1.29, 1.82) is 0 Å². The highest BCUT2D eigenvalue weighted by atomic mass is 16.5. The van der Waals surface area contributed by atoms with E-state index in [0.29, 0.717) is 17.1 Å². The van der Waals surface area contributed by atoms with E-state index in [2.05, 4.69) is 20.9 Å². The summed E-state index contributed by atoms with van der Waals surface area (Å²) < 4.78 is 5.34. The molecule has 1 heterocycles. The highest BCUT2D eigenvalue weighted by Gasteiger charge is 2.27. The highest BCUT2D eigenvalue weighted by Crippen LogP contribution is 2.29. The van der Waals surface area contributed by atoms with Gasteiger partial charge >= 0.3 is 0 Å². The van der Waals surface area contributed by atoms with Gasteiger partial charge in [-0.1, -0.05) is 0 Å². The fourth-order valence-electron chi connectivity index (χ4n) is 3.47. The highest BCUT2D eigenvalue weighted by molar-refractivity contribution is 5.97. The van der Waals surface area contributed by atoms with Gasteiger partial charge in [-0.15, -0.1) is 0 Å². The van der Waals surface area contributed by atoms with Crippen molar-refractivity contribution in [1.82, 2.24) is 10.2 Å². The first-order valence-electron chi connectivity index (χ1n) is 9.59. The van der Waals surface area contributed by atoms with Crippen molar-refractivity contribution >= 4 is 23.2 Å². The molecule has 1 unspecified atom stereocenters. The van der Waals surface area contributed by atoms with Crippen molar-refractivity contribution in [2.24, 2.45) is 5.92 Å². The number of ether oxygens (including phenoxy) is 1. The minimum Gasteiger partial charge on any atom is -0.495 e. The number of hydrogen-bond acceptors (Lipinski definition) is 5. The molecule has 27 heavy (non-hydrogen) atoms. The fraction of sp³-hybridized carbons (Fsp3) is 0.600. The average Bonchev–Trinajstić information content (AvgIpc) is 2.66. The van der Waals surface area contributed by atoms with Crippen LogP contribution in [0, 0.1) is 5.92 Å². The molecule has 1 fully saturated rings. The van der Waals surface area contributed by atoms with Crippen LogP contribution in [-0.4, -0.2) is 56.5 Å². The Morgan fingerprint density at radius 1 is 1.26 bits per heavy atom. The average molecular weight is 377 g/mol. The van der Waals surface area contributed by atoms with Crippen molar-refractivity contribution in [3.8, 4) is 5.75 Å². The molecule has 1 atom stereocenters. The third-order valence-electron chi connectivity index (χ3n) is 5.16. The second kappa shape index (κ2) is 10.3. The Hall–Kier alpha value is -2.12. The molecule has 0 saturated carbocycles. The Kier molecular flexibility index (Phi) is 8.06. The number of carbonyl (C=O) groups excluding carboxylic acids is 2. The quantitative estimate of drug-likeness (QED) is 0.648. The van der Waals surface area contributed by atoms with Gasteiger partial charge < -0.3 is 20.7 Å². The predicted molar refractivity (Wildman–Crippen MR) is 108 cm³/mol. The molecule has 3 N–H and O–H groups in total. The Labute approximate surface area is 161 Å². The van der Waals surface area contributed by atoms with Gasteiger partial charge in [-0.05, 0) is 77.0 Å². The number of carbonyl (C=O) groups is 2. The molecule has 1 aromatic carbocycles. The van der Waals surface area contributed by atoms with Gasteiger partial charge in [0.25, 0.3) is 0 Å². The van der Waals surface area contributed by atoms with E-state index in [1.165, 1.54) is 13.3 Å². The summed E-state index contributed by atoms with van der Waals surface area (Å²) in [6, 6.07) is 4.98. The lowest BCUT2D eigenvalue weighted by atomic mass is 9.93. The van der Waals surface area contributed by atoms with E-state index in [-0.39, 0.29) is 17.9 Å². The number of methoxy groups -OCH3 is 1. The third-order valence-corrected chi connectivity index (χ3v) is 5.16. The van der Waals surface area contributed by atoms with Crippen LogP contribution in [0.25, 0.3) is 0 Å². The van der Waals surface area contributed by atoms with Crippen LogP contribution in [0.15, 0.2) is 18.2 Å². The Bertz CT molecular complexity index is 642. The molecule has 2 amide bonds. The molecular formula is C20H32N4O3. The molecule has 1 aromatic rings. The second-order valence-electron chi connectivity index (χ2n) is 7.13. The van der Waals surface area contributed by atoms with Crippen LogP contribution in [-0.2, 0) is 9.59 Å². The number of nitrogens with one attached hydrogen (secondary N) is 3. The van der Waals surface area contributed by atoms with Crippen LogP contribution in [0.1, 0.15) is 33.1 Å². The summed E-state index contributed by atoms with van der Waals surface area (Å²) in [5.41, 5.74) is 1.18. The molecule has 1 saturated heterocycles. The normalized spacial score (nSPS) is 16.6. The molecule has 1 aliphatic heterocycles. The summed E-state index contributed by atoms with van der Waals surface area (Å²) in [5, 5.41) is 8.88. The van der Waals surface area contributed by atoms with E-state index in [9.17, 15) is 9.59 Å². The Balaban J connectivity index is 1.97. The summed E-state index contributed by atoms with van der Waals surface area (Å²) in [6.45, 7) is 6.31. The van der Waals surface area contributed by atoms with Crippen LogP contribution >= 0.6 is 0 Å². The maximum Gasteiger partial charge on any atom is 0.241 e. The van der Waals surface area contributed by atoms with Gasteiger partial charge in [0.1, 0.15) is 5.75 Å². The van der Waals surface area contributed by atoms with Crippen LogP contribution in [0.2, 0.25) is 0 Å². The molecule has 150 valence electrons. The van der Waals surface area contributed by atoms with E-state index in [1.54, 1.807) is 25.3 Å². The number of amides is 2. The maximum absolute atomic E-state index is 12.8. The predicted octanol–water partition coefficient (Wildman–Crippen LogP) is 2.30. The first-order valence-corrected chi connectivity index (χ1v) is 9.59. The van der Waals surface area contributed by atoms with Crippen LogP contribution in [0.4, 0.5) is 11.4 Å².